The van der Waals surface area contributed by atoms with Crippen LogP contribution >= 0.6 is 15.9 Å². The van der Waals surface area contributed by atoms with Gasteiger partial charge in [0.15, 0.2) is 5.78 Å². The Labute approximate surface area is 174 Å². The predicted octanol–water partition coefficient (Wildman–Crippen LogP) is 5.92. The van der Waals surface area contributed by atoms with Gasteiger partial charge in [0.05, 0.1) is 0 Å². The molecule has 2 aliphatic rings. The van der Waals surface area contributed by atoms with Gasteiger partial charge in [-0.1, -0.05) is 59.6 Å². The summed E-state index contributed by atoms with van der Waals surface area (Å²) in [7, 11) is 0. The lowest BCUT2D eigenvalue weighted by molar-refractivity contribution is -0.121. The van der Waals surface area contributed by atoms with Crippen LogP contribution in [0.25, 0.3) is 0 Å². The van der Waals surface area contributed by atoms with E-state index in [0.717, 1.165) is 39.0 Å². The maximum absolute atomic E-state index is 13.3. The van der Waals surface area contributed by atoms with Crippen LogP contribution < -0.4 is 4.90 Å². The summed E-state index contributed by atoms with van der Waals surface area (Å²) in [5.41, 5.74) is 4.58. The van der Waals surface area contributed by atoms with Crippen molar-refractivity contribution in [3.05, 3.63) is 75.4 Å². The number of ketones is 1. The Balaban J connectivity index is 1.88. The molecule has 0 fully saturated rings. The molecule has 1 heterocycles. The van der Waals surface area contributed by atoms with Gasteiger partial charge in [0, 0.05) is 40.2 Å². The van der Waals surface area contributed by atoms with E-state index < -0.39 is 0 Å². The van der Waals surface area contributed by atoms with Crippen LogP contribution in [0.2, 0.25) is 0 Å². The Morgan fingerprint density at radius 2 is 1.61 bits per heavy atom. The third-order valence-electron chi connectivity index (χ3n) is 5.71. The summed E-state index contributed by atoms with van der Waals surface area (Å²) in [6.07, 6.45) is 1.57. The number of nitrogens with zero attached hydrogens (tertiary/aromatic N) is 1. The molecule has 0 radical (unpaired) electrons. The fourth-order valence-corrected chi connectivity index (χ4v) is 4.65. The van der Waals surface area contributed by atoms with Crippen molar-refractivity contribution >= 4 is 33.3 Å². The first-order chi connectivity index (χ1) is 13.2. The van der Waals surface area contributed by atoms with Gasteiger partial charge < -0.3 is 0 Å². The minimum atomic E-state index is -0.166. The van der Waals surface area contributed by atoms with Gasteiger partial charge in [-0.05, 0) is 48.6 Å². The molecule has 1 unspecified atom stereocenters. The largest absolute Gasteiger partial charge is 0.294 e. The van der Waals surface area contributed by atoms with Crippen LogP contribution in [0.3, 0.4) is 0 Å². The van der Waals surface area contributed by atoms with E-state index in [1.807, 2.05) is 55.5 Å². The van der Waals surface area contributed by atoms with Gasteiger partial charge in [-0.15, -0.1) is 0 Å². The molecule has 1 amide bonds. The zero-order chi connectivity index (χ0) is 20.1. The summed E-state index contributed by atoms with van der Waals surface area (Å²) in [6, 6.07) is 16.0. The predicted molar refractivity (Wildman–Crippen MR) is 115 cm³/mol. The molecule has 0 spiro atoms. The number of hydrogen-bond acceptors (Lipinski definition) is 2. The minimum Gasteiger partial charge on any atom is -0.294 e. The maximum Gasteiger partial charge on any atom is 0.232 e. The van der Waals surface area contributed by atoms with Gasteiger partial charge in [-0.3, -0.25) is 14.5 Å². The lowest BCUT2D eigenvalue weighted by Gasteiger charge is -2.43. The topological polar surface area (TPSA) is 37.4 Å². The zero-order valence-corrected chi connectivity index (χ0v) is 18.0. The molecule has 0 N–H and O–H groups in total. The van der Waals surface area contributed by atoms with Crippen LogP contribution in [-0.2, 0) is 9.59 Å². The number of allylic oxidation sites excluding steroid dienone is 2. The van der Waals surface area contributed by atoms with Crippen molar-refractivity contribution in [2.45, 2.75) is 46.0 Å². The van der Waals surface area contributed by atoms with Gasteiger partial charge >= 0.3 is 0 Å². The summed E-state index contributed by atoms with van der Waals surface area (Å²) in [5.74, 6) is 0.0608. The maximum atomic E-state index is 13.3. The Hall–Kier alpha value is -2.20. The van der Waals surface area contributed by atoms with Crippen LogP contribution in [-0.4, -0.2) is 11.7 Å². The van der Waals surface area contributed by atoms with Crippen molar-refractivity contribution in [1.82, 2.24) is 0 Å². The second-order valence-corrected chi connectivity index (χ2v) is 9.59. The third-order valence-corrected chi connectivity index (χ3v) is 6.24. The first-order valence-corrected chi connectivity index (χ1v) is 10.5. The van der Waals surface area contributed by atoms with E-state index in [1.54, 1.807) is 4.90 Å². The number of rotatable bonds is 2. The third kappa shape index (κ3) is 3.46. The number of carbonyl (C=O) groups excluding carboxylic acids is 2. The molecule has 28 heavy (non-hydrogen) atoms. The standard InChI is InChI=1S/C24H24BrNO2/c1-15-4-10-18(11-5-15)26-20-13-24(2,3)14-21(27)23(20)19(12-22(26)28)16-6-8-17(25)9-7-16/h4-11,19H,12-14H2,1-3H3. The highest BCUT2D eigenvalue weighted by atomic mass is 79.9. The number of halogens is 1. The molecule has 0 saturated carbocycles. The number of Topliss-reactive ketones (excluding diaryl/α,β-unsaturated/α-hetero) is 1. The van der Waals surface area contributed by atoms with E-state index in [4.69, 9.17) is 0 Å². The Bertz CT molecular complexity index is 971. The number of anilines is 1. The average molecular weight is 438 g/mol. The lowest BCUT2D eigenvalue weighted by atomic mass is 9.69. The van der Waals surface area contributed by atoms with E-state index in [9.17, 15) is 9.59 Å². The highest BCUT2D eigenvalue weighted by Gasteiger charge is 2.44. The van der Waals surface area contributed by atoms with Gasteiger partial charge in [0.2, 0.25) is 5.91 Å². The molecular weight excluding hydrogens is 414 g/mol. The van der Waals surface area contributed by atoms with Crippen molar-refractivity contribution in [2.75, 3.05) is 4.90 Å². The summed E-state index contributed by atoms with van der Waals surface area (Å²) in [4.78, 5) is 28.3. The molecule has 4 heteroatoms. The van der Waals surface area contributed by atoms with Gasteiger partial charge in [0.1, 0.15) is 0 Å². The van der Waals surface area contributed by atoms with Gasteiger partial charge in [-0.2, -0.15) is 0 Å². The average Bonchev–Trinajstić information content (AvgIpc) is 2.62. The van der Waals surface area contributed by atoms with Crippen molar-refractivity contribution in [2.24, 2.45) is 5.41 Å². The molecule has 4 rings (SSSR count). The lowest BCUT2D eigenvalue weighted by Crippen LogP contribution is -2.43. The first-order valence-electron chi connectivity index (χ1n) is 9.66. The highest BCUT2D eigenvalue weighted by molar-refractivity contribution is 9.10. The number of aryl methyl sites for hydroxylation is 1. The SMILES string of the molecule is Cc1ccc(N2C(=O)CC(c3ccc(Br)cc3)C3=C2CC(C)(C)CC3=O)cc1. The first kappa shape index (κ1) is 19.1. The van der Waals surface area contributed by atoms with Gasteiger partial charge in [0.25, 0.3) is 0 Å². The molecule has 1 aliphatic heterocycles. The number of benzene rings is 2. The molecule has 0 bridgehead atoms. The molecule has 1 atom stereocenters. The van der Waals surface area contributed by atoms with Crippen LogP contribution in [0, 0.1) is 12.3 Å². The second kappa shape index (κ2) is 7.00. The minimum absolute atomic E-state index is 0.0565. The molecular formula is C24H24BrNO2. The van der Waals surface area contributed by atoms with E-state index in [2.05, 4.69) is 29.8 Å². The van der Waals surface area contributed by atoms with Crippen LogP contribution in [0.15, 0.2) is 64.3 Å². The van der Waals surface area contributed by atoms with Gasteiger partial charge in [-0.25, -0.2) is 0 Å². The molecule has 144 valence electrons. The summed E-state index contributed by atoms with van der Waals surface area (Å²) < 4.78 is 0.991. The monoisotopic (exact) mass is 437 g/mol. The Morgan fingerprint density at radius 1 is 0.964 bits per heavy atom. The van der Waals surface area contributed by atoms with Crippen LogP contribution in [0.5, 0.6) is 0 Å². The van der Waals surface area contributed by atoms with Crippen LogP contribution in [0.1, 0.15) is 50.2 Å². The summed E-state index contributed by atoms with van der Waals surface area (Å²) in [6.45, 7) is 6.24. The molecule has 2 aromatic carbocycles. The van der Waals surface area contributed by atoms with Crippen LogP contribution in [0.4, 0.5) is 5.69 Å². The molecule has 0 saturated heterocycles. The number of carbonyl (C=O) groups is 2. The quantitative estimate of drug-likeness (QED) is 0.584. The second-order valence-electron chi connectivity index (χ2n) is 8.67. The smallest absolute Gasteiger partial charge is 0.232 e. The fourth-order valence-electron chi connectivity index (χ4n) is 4.39. The molecule has 0 aromatic heterocycles. The molecule has 1 aliphatic carbocycles. The molecule has 3 nitrogen and oxygen atoms in total. The number of hydrogen-bond donors (Lipinski definition) is 0. The summed E-state index contributed by atoms with van der Waals surface area (Å²) >= 11 is 3.47. The van der Waals surface area contributed by atoms with Crippen molar-refractivity contribution in [1.29, 1.82) is 0 Å². The van der Waals surface area contributed by atoms with E-state index in [0.29, 0.717) is 12.8 Å². The molecule has 2 aromatic rings. The van der Waals surface area contributed by atoms with E-state index >= 15 is 0 Å². The van der Waals surface area contributed by atoms with Crippen molar-refractivity contribution in [3.8, 4) is 0 Å². The highest BCUT2D eigenvalue weighted by Crippen LogP contribution is 2.48. The fraction of sp³-hybridized carbons (Fsp3) is 0.333. The normalized spacial score (nSPS) is 21.7. The Kier molecular flexibility index (Phi) is 4.78. The van der Waals surface area contributed by atoms with Crippen molar-refractivity contribution in [3.63, 3.8) is 0 Å². The Morgan fingerprint density at radius 3 is 2.25 bits per heavy atom. The van der Waals surface area contributed by atoms with E-state index in [-0.39, 0.29) is 23.0 Å². The number of amides is 1. The zero-order valence-electron chi connectivity index (χ0n) is 16.5. The van der Waals surface area contributed by atoms with Crippen molar-refractivity contribution < 1.29 is 9.59 Å². The summed E-state index contributed by atoms with van der Waals surface area (Å²) in [5, 5.41) is 0. The van der Waals surface area contributed by atoms with E-state index in [1.165, 1.54) is 0 Å².